The molecule has 0 bridgehead atoms. The summed E-state index contributed by atoms with van der Waals surface area (Å²) >= 11 is 0. The standard InChI is InChI=1S/C14H19NO4S/c1-10-6-7-12(9-11(10)2)20(17,18)15-8-4-5-13(15)14(16)19-3/h6-7,9,13H,4-5,8H2,1-3H3. The first-order valence-electron chi connectivity index (χ1n) is 6.55. The van der Waals surface area contributed by atoms with Crippen LogP contribution in [0.1, 0.15) is 24.0 Å². The van der Waals surface area contributed by atoms with Crippen molar-refractivity contribution >= 4 is 16.0 Å². The summed E-state index contributed by atoms with van der Waals surface area (Å²) in [5.41, 5.74) is 1.95. The zero-order valence-electron chi connectivity index (χ0n) is 11.9. The number of aryl methyl sites for hydroxylation is 2. The minimum atomic E-state index is -3.65. The number of esters is 1. The molecular weight excluding hydrogens is 278 g/mol. The molecule has 1 heterocycles. The maximum atomic E-state index is 12.6. The van der Waals surface area contributed by atoms with Gasteiger partial charge in [-0.3, -0.25) is 4.79 Å². The minimum absolute atomic E-state index is 0.233. The number of rotatable bonds is 3. The SMILES string of the molecule is COC(=O)C1CCCN1S(=O)(=O)c1ccc(C)c(C)c1. The van der Waals surface area contributed by atoms with Gasteiger partial charge in [0.2, 0.25) is 10.0 Å². The summed E-state index contributed by atoms with van der Waals surface area (Å²) in [5, 5.41) is 0. The number of methoxy groups -OCH3 is 1. The first kappa shape index (κ1) is 15.0. The molecule has 1 unspecified atom stereocenters. The summed E-state index contributed by atoms with van der Waals surface area (Å²) in [5.74, 6) is -0.491. The first-order valence-corrected chi connectivity index (χ1v) is 7.99. The van der Waals surface area contributed by atoms with Crippen LogP contribution in [-0.4, -0.2) is 38.4 Å². The van der Waals surface area contributed by atoms with Crippen LogP contribution in [0.5, 0.6) is 0 Å². The van der Waals surface area contributed by atoms with E-state index in [0.29, 0.717) is 19.4 Å². The topological polar surface area (TPSA) is 63.7 Å². The smallest absolute Gasteiger partial charge is 0.324 e. The number of nitrogens with zero attached hydrogens (tertiary/aromatic N) is 1. The Morgan fingerprint density at radius 3 is 2.60 bits per heavy atom. The van der Waals surface area contributed by atoms with Gasteiger partial charge in [0.15, 0.2) is 0 Å². The molecule has 0 aliphatic carbocycles. The van der Waals surface area contributed by atoms with Crippen molar-refractivity contribution in [2.45, 2.75) is 37.6 Å². The molecule has 1 aromatic rings. The van der Waals surface area contributed by atoms with E-state index in [9.17, 15) is 13.2 Å². The third kappa shape index (κ3) is 2.58. The van der Waals surface area contributed by atoms with Gasteiger partial charge in [0, 0.05) is 6.54 Å². The second kappa shape index (κ2) is 5.54. The molecular formula is C14H19NO4S. The third-order valence-corrected chi connectivity index (χ3v) is 5.67. The summed E-state index contributed by atoms with van der Waals surface area (Å²) in [6, 6.07) is 4.32. The Morgan fingerprint density at radius 1 is 1.30 bits per heavy atom. The first-order chi connectivity index (χ1) is 9.37. The molecule has 1 saturated heterocycles. The summed E-state index contributed by atoms with van der Waals surface area (Å²) in [7, 11) is -2.37. The lowest BCUT2D eigenvalue weighted by atomic mass is 10.1. The van der Waals surface area contributed by atoms with Crippen LogP contribution >= 0.6 is 0 Å². The fourth-order valence-corrected chi connectivity index (χ4v) is 4.14. The fraction of sp³-hybridized carbons (Fsp3) is 0.500. The van der Waals surface area contributed by atoms with Gasteiger partial charge >= 0.3 is 5.97 Å². The summed E-state index contributed by atoms with van der Waals surface area (Å²) in [4.78, 5) is 11.9. The van der Waals surface area contributed by atoms with Crippen LogP contribution in [-0.2, 0) is 19.6 Å². The van der Waals surface area contributed by atoms with E-state index in [1.54, 1.807) is 18.2 Å². The molecule has 0 radical (unpaired) electrons. The van der Waals surface area contributed by atoms with Gasteiger partial charge < -0.3 is 4.74 Å². The summed E-state index contributed by atoms with van der Waals surface area (Å²) < 4.78 is 31.2. The van der Waals surface area contributed by atoms with Gasteiger partial charge in [0.25, 0.3) is 0 Å². The molecule has 0 spiro atoms. The molecule has 5 nitrogen and oxygen atoms in total. The number of ether oxygens (including phenoxy) is 1. The number of carbonyl (C=O) groups is 1. The van der Waals surface area contributed by atoms with Crippen LogP contribution < -0.4 is 0 Å². The number of benzene rings is 1. The number of sulfonamides is 1. The van der Waals surface area contributed by atoms with Crippen LogP contribution in [0.25, 0.3) is 0 Å². The van der Waals surface area contributed by atoms with Crippen molar-refractivity contribution in [1.82, 2.24) is 4.31 Å². The highest BCUT2D eigenvalue weighted by molar-refractivity contribution is 7.89. The van der Waals surface area contributed by atoms with Gasteiger partial charge in [0.1, 0.15) is 6.04 Å². The van der Waals surface area contributed by atoms with Gasteiger partial charge in [0.05, 0.1) is 12.0 Å². The van der Waals surface area contributed by atoms with E-state index in [1.165, 1.54) is 11.4 Å². The van der Waals surface area contributed by atoms with Crippen molar-refractivity contribution in [3.63, 3.8) is 0 Å². The number of hydrogen-bond donors (Lipinski definition) is 0. The lowest BCUT2D eigenvalue weighted by Crippen LogP contribution is -2.41. The van der Waals surface area contributed by atoms with Crippen molar-refractivity contribution in [3.05, 3.63) is 29.3 Å². The van der Waals surface area contributed by atoms with Gasteiger partial charge in [-0.1, -0.05) is 6.07 Å². The highest BCUT2D eigenvalue weighted by Gasteiger charge is 2.40. The zero-order chi connectivity index (χ0) is 14.9. The van der Waals surface area contributed by atoms with Crippen molar-refractivity contribution in [2.75, 3.05) is 13.7 Å². The van der Waals surface area contributed by atoms with E-state index >= 15 is 0 Å². The molecule has 1 aliphatic rings. The lowest BCUT2D eigenvalue weighted by molar-refractivity contribution is -0.144. The average Bonchev–Trinajstić information content (AvgIpc) is 2.90. The van der Waals surface area contributed by atoms with E-state index in [0.717, 1.165) is 11.1 Å². The summed E-state index contributed by atoms with van der Waals surface area (Å²) in [6.45, 7) is 4.16. The van der Waals surface area contributed by atoms with Crippen LogP contribution in [0, 0.1) is 13.8 Å². The quantitative estimate of drug-likeness (QED) is 0.796. The Labute approximate surface area is 119 Å². The molecule has 0 amide bonds. The number of carbonyl (C=O) groups excluding carboxylic acids is 1. The van der Waals surface area contributed by atoms with E-state index in [1.807, 2.05) is 13.8 Å². The molecule has 6 heteroatoms. The Morgan fingerprint density at radius 2 is 2.00 bits per heavy atom. The average molecular weight is 297 g/mol. The largest absolute Gasteiger partial charge is 0.468 e. The predicted octanol–water partition coefficient (Wildman–Crippen LogP) is 1.63. The Balaban J connectivity index is 2.38. The normalized spacial score (nSPS) is 20.1. The molecule has 1 fully saturated rings. The molecule has 1 aromatic carbocycles. The van der Waals surface area contributed by atoms with Crippen molar-refractivity contribution in [1.29, 1.82) is 0 Å². The minimum Gasteiger partial charge on any atom is -0.468 e. The molecule has 1 aliphatic heterocycles. The van der Waals surface area contributed by atoms with Crippen LogP contribution in [0.4, 0.5) is 0 Å². The van der Waals surface area contributed by atoms with Crippen molar-refractivity contribution in [2.24, 2.45) is 0 Å². The van der Waals surface area contributed by atoms with Gasteiger partial charge in [-0.15, -0.1) is 0 Å². The van der Waals surface area contributed by atoms with Crippen LogP contribution in [0.2, 0.25) is 0 Å². The molecule has 1 atom stereocenters. The van der Waals surface area contributed by atoms with Crippen LogP contribution in [0.3, 0.4) is 0 Å². The van der Waals surface area contributed by atoms with Gasteiger partial charge in [-0.2, -0.15) is 4.31 Å². The third-order valence-electron chi connectivity index (χ3n) is 3.76. The Hall–Kier alpha value is -1.40. The second-order valence-electron chi connectivity index (χ2n) is 5.04. The van der Waals surface area contributed by atoms with E-state index in [4.69, 9.17) is 4.74 Å². The van der Waals surface area contributed by atoms with Gasteiger partial charge in [-0.25, -0.2) is 8.42 Å². The van der Waals surface area contributed by atoms with Crippen molar-refractivity contribution < 1.29 is 17.9 Å². The zero-order valence-corrected chi connectivity index (χ0v) is 12.7. The highest BCUT2D eigenvalue weighted by atomic mass is 32.2. The second-order valence-corrected chi connectivity index (χ2v) is 6.93. The lowest BCUT2D eigenvalue weighted by Gasteiger charge is -2.22. The van der Waals surface area contributed by atoms with Crippen molar-refractivity contribution in [3.8, 4) is 0 Å². The molecule has 20 heavy (non-hydrogen) atoms. The van der Waals surface area contributed by atoms with E-state index in [2.05, 4.69) is 0 Å². The fourth-order valence-electron chi connectivity index (χ4n) is 2.41. The molecule has 0 saturated carbocycles. The molecule has 2 rings (SSSR count). The maximum Gasteiger partial charge on any atom is 0.324 e. The monoisotopic (exact) mass is 297 g/mol. The maximum absolute atomic E-state index is 12.6. The van der Waals surface area contributed by atoms with E-state index in [-0.39, 0.29) is 4.90 Å². The highest BCUT2D eigenvalue weighted by Crippen LogP contribution is 2.27. The molecule has 110 valence electrons. The van der Waals surface area contributed by atoms with E-state index < -0.39 is 22.0 Å². The van der Waals surface area contributed by atoms with Gasteiger partial charge in [-0.05, 0) is 49.9 Å². The van der Waals surface area contributed by atoms with Crippen LogP contribution in [0.15, 0.2) is 23.1 Å². The molecule has 0 N–H and O–H groups in total. The Bertz CT molecular complexity index is 624. The molecule has 0 aromatic heterocycles. The Kier molecular flexibility index (Phi) is 4.15. The predicted molar refractivity (Wildman–Crippen MR) is 74.8 cm³/mol. The number of hydrogen-bond acceptors (Lipinski definition) is 4. The summed E-state index contributed by atoms with van der Waals surface area (Å²) in [6.07, 6.45) is 1.18.